The van der Waals surface area contributed by atoms with Gasteiger partial charge in [0.25, 0.3) is 11.8 Å². The van der Waals surface area contributed by atoms with Crippen molar-refractivity contribution in [2.45, 2.75) is 171 Å². The summed E-state index contributed by atoms with van der Waals surface area (Å²) >= 11 is 6.90. The second-order valence-corrected chi connectivity index (χ2v) is 23.2. The molecule has 5 unspecified atom stereocenters. The molecule has 1 saturated carbocycles. The maximum absolute atomic E-state index is 14.1. The zero-order valence-electron chi connectivity index (χ0n) is 48.8. The molecule has 6 aliphatic rings. The van der Waals surface area contributed by atoms with Gasteiger partial charge in [0.2, 0.25) is 11.8 Å². The number of rotatable bonds is 18. The van der Waals surface area contributed by atoms with Crippen LogP contribution >= 0.6 is 11.6 Å². The number of nitrogens with zero attached hydrogens (tertiary/aromatic N) is 4. The quantitative estimate of drug-likeness (QED) is 0.0480. The molecule has 0 aromatic heterocycles. The maximum atomic E-state index is 14.1. The zero-order chi connectivity index (χ0) is 60.1. The first-order valence-corrected chi connectivity index (χ1v) is 28.8. The minimum atomic E-state index is -1.75. The molecule has 0 aromatic carbocycles. The van der Waals surface area contributed by atoms with Crippen molar-refractivity contribution in [3.05, 3.63) is 46.7 Å². The molecule has 24 nitrogen and oxygen atoms in total. The van der Waals surface area contributed by atoms with Gasteiger partial charge in [-0.2, -0.15) is 0 Å². The predicted octanol–water partition coefficient (Wildman–Crippen LogP) is 4.59. The van der Waals surface area contributed by atoms with E-state index in [2.05, 4.69) is 17.6 Å². The standard InChI is InChI=1S/C57H85ClN6O18/c1-34-13-10-18-44(76-9)57(74)32-43(80-53(71)60-57)35(2)51-56(4,82-51)45(31-39(65)30-38-28-37(27-34)29-42(75-8)50(38)58)81-52(70)36(3)63(7)47(67)21-26-77-54(72)61(5)24-25-62(6)55(73)79-41-16-11-14-40(15-12-17-41)78-33-46(66)59-22-23-64-48(68)19-20-49(64)69/h11,16,19-20,29,34-36,38-41,43-45,51,65,74H,10,12-15,17-18,21-28,30-33H2,1-9H3,(H,59,66)(H,60,71)/b16-11+/t34?,35-,36+,38?,39?,40?,41?,43+,44-,45+,51+,56+,57+/m1/s1. The fourth-order valence-corrected chi connectivity index (χ4v) is 11.5. The van der Waals surface area contributed by atoms with Gasteiger partial charge in [-0.1, -0.05) is 49.9 Å². The molecule has 82 heavy (non-hydrogen) atoms. The Morgan fingerprint density at radius 2 is 1.63 bits per heavy atom. The molecule has 3 aliphatic carbocycles. The van der Waals surface area contributed by atoms with Gasteiger partial charge >= 0.3 is 24.2 Å². The Bertz CT molecular complexity index is 2420. The molecular weight excluding hydrogens is 1090 g/mol. The van der Waals surface area contributed by atoms with Gasteiger partial charge in [0.05, 0.1) is 36.9 Å². The Labute approximate surface area is 485 Å². The first kappa shape index (κ1) is 65.4. The van der Waals surface area contributed by atoms with Crippen LogP contribution in [0.4, 0.5) is 14.4 Å². The molecule has 13 atom stereocenters. The van der Waals surface area contributed by atoms with Crippen LogP contribution in [0.2, 0.25) is 0 Å². The fraction of sp³-hybridized carbons (Fsp3) is 0.719. The highest BCUT2D eigenvalue weighted by Crippen LogP contribution is 2.50. The van der Waals surface area contributed by atoms with Crippen molar-refractivity contribution in [3.63, 3.8) is 0 Å². The van der Waals surface area contributed by atoms with E-state index in [9.17, 15) is 48.6 Å². The number of allylic oxidation sites excluding steroid dienone is 3. The summed E-state index contributed by atoms with van der Waals surface area (Å²) in [7, 11) is 7.48. The lowest BCUT2D eigenvalue weighted by Crippen LogP contribution is -2.64. The number of likely N-dealkylation sites (N-methyl/N-ethyl adjacent to an activating group) is 3. The lowest BCUT2D eigenvalue weighted by molar-refractivity contribution is -0.163. The number of amides is 7. The first-order chi connectivity index (χ1) is 38.9. The number of hydrogen-bond donors (Lipinski definition) is 4. The molecule has 4 N–H and O–H groups in total. The molecular formula is C57H85ClN6O18. The number of ether oxygens (including phenoxy) is 8. The van der Waals surface area contributed by atoms with Crippen LogP contribution in [-0.4, -0.2) is 213 Å². The number of aliphatic hydroxyl groups excluding tert-OH is 1. The minimum absolute atomic E-state index is 0.00920. The number of imide groups is 1. The number of fused-ring (bicyclic) bond motifs is 5. The number of epoxide rings is 1. The second-order valence-electron chi connectivity index (χ2n) is 22.8. The third kappa shape index (κ3) is 17.6. The zero-order valence-corrected chi connectivity index (χ0v) is 49.5. The van der Waals surface area contributed by atoms with Crippen molar-refractivity contribution in [1.82, 2.24) is 30.2 Å². The van der Waals surface area contributed by atoms with Crippen LogP contribution < -0.4 is 10.6 Å². The summed E-state index contributed by atoms with van der Waals surface area (Å²) in [5.41, 5.74) is -1.84. The predicted molar refractivity (Wildman–Crippen MR) is 295 cm³/mol. The van der Waals surface area contributed by atoms with Crippen molar-refractivity contribution in [3.8, 4) is 0 Å². The van der Waals surface area contributed by atoms with Crippen molar-refractivity contribution in [2.24, 2.45) is 17.8 Å². The highest BCUT2D eigenvalue weighted by molar-refractivity contribution is 6.30. The number of nitrogens with one attached hydrogen (secondary N) is 2. The van der Waals surface area contributed by atoms with Gasteiger partial charge in [-0.3, -0.25) is 29.4 Å². The van der Waals surface area contributed by atoms with E-state index in [1.165, 1.54) is 62.0 Å². The van der Waals surface area contributed by atoms with E-state index < -0.39 is 102 Å². The number of esters is 1. The molecule has 25 heteroatoms. The Kier molecular flexibility index (Phi) is 23.6. The summed E-state index contributed by atoms with van der Waals surface area (Å²) in [5, 5.41) is 29.5. The monoisotopic (exact) mass is 1180 g/mol. The summed E-state index contributed by atoms with van der Waals surface area (Å²) in [4.78, 5) is 107. The van der Waals surface area contributed by atoms with Crippen molar-refractivity contribution in [1.29, 1.82) is 0 Å². The summed E-state index contributed by atoms with van der Waals surface area (Å²) < 4.78 is 46.7. The fourth-order valence-electron chi connectivity index (χ4n) is 11.2. The summed E-state index contributed by atoms with van der Waals surface area (Å²) in [6, 6.07) is -1.14. The molecule has 6 rings (SSSR count). The number of aliphatic hydroxyl groups is 2. The Morgan fingerprint density at radius 3 is 2.33 bits per heavy atom. The van der Waals surface area contributed by atoms with E-state index in [1.54, 1.807) is 20.1 Å². The average molecular weight is 1180 g/mol. The SMILES string of the molecule is COC1=C(Cl)C2CC(=C1)CC(C)CCC[C@@H](OC)[C@@]1(O)C[C@H](OC(=O)N1)[C@@H](C)[C@@H]1O[C@@]1(C)[C@@H](OC(=O)[C@H](C)N(C)C(=O)CCOC(=O)N(C)CCN(C)C(=O)OC1/C=C/CC(OCC(=O)NCCN3C(=O)C=CC3=O)CCC1)CC(O)C2. The largest absolute Gasteiger partial charge is 0.496 e. The van der Waals surface area contributed by atoms with Crippen LogP contribution in [-0.2, 0) is 61.9 Å². The van der Waals surface area contributed by atoms with Crippen LogP contribution in [0.15, 0.2) is 46.7 Å². The number of hydrogen-bond acceptors (Lipinski definition) is 18. The van der Waals surface area contributed by atoms with Crippen LogP contribution in [0.25, 0.3) is 0 Å². The molecule has 0 spiro atoms. The second kappa shape index (κ2) is 29.6. The van der Waals surface area contributed by atoms with Gasteiger partial charge in [-0.05, 0) is 83.3 Å². The Hall–Kier alpha value is -5.79. The third-order valence-corrected chi connectivity index (χ3v) is 17.0. The molecule has 458 valence electrons. The van der Waals surface area contributed by atoms with Crippen LogP contribution in [0.1, 0.15) is 111 Å². The Morgan fingerprint density at radius 1 is 0.939 bits per heavy atom. The van der Waals surface area contributed by atoms with Crippen LogP contribution in [0.3, 0.4) is 0 Å². The molecule has 3 aliphatic heterocycles. The van der Waals surface area contributed by atoms with E-state index in [0.29, 0.717) is 55.7 Å². The van der Waals surface area contributed by atoms with Crippen molar-refractivity contribution in [2.75, 3.05) is 74.8 Å². The number of carbonyl (C=O) groups is 8. The van der Waals surface area contributed by atoms with Gasteiger partial charge in [-0.15, -0.1) is 0 Å². The molecule has 3 heterocycles. The number of halogens is 1. The maximum Gasteiger partial charge on any atom is 0.410 e. The van der Waals surface area contributed by atoms with E-state index in [0.717, 1.165) is 23.3 Å². The summed E-state index contributed by atoms with van der Waals surface area (Å²) in [5.74, 6) is -2.60. The highest BCUT2D eigenvalue weighted by Gasteiger charge is 2.64. The van der Waals surface area contributed by atoms with E-state index >= 15 is 0 Å². The van der Waals surface area contributed by atoms with Gasteiger partial charge in [0, 0.05) is 91.3 Å². The molecule has 0 aromatic rings. The number of alkyl carbamates (subject to hydrolysis) is 1. The van der Waals surface area contributed by atoms with Gasteiger partial charge in [-0.25, -0.2) is 19.2 Å². The van der Waals surface area contributed by atoms with Gasteiger partial charge < -0.3 is 68.1 Å². The topological polar surface area (TPSA) is 291 Å². The highest BCUT2D eigenvalue weighted by atomic mass is 35.5. The van der Waals surface area contributed by atoms with E-state index in [-0.39, 0.29) is 88.9 Å². The lowest BCUT2D eigenvalue weighted by atomic mass is 9.81. The summed E-state index contributed by atoms with van der Waals surface area (Å²) in [6.45, 7) is 7.04. The first-order valence-electron chi connectivity index (χ1n) is 28.4. The molecule has 7 amide bonds. The van der Waals surface area contributed by atoms with Crippen molar-refractivity contribution < 1.29 is 86.5 Å². The van der Waals surface area contributed by atoms with Gasteiger partial charge in [0.15, 0.2) is 5.72 Å². The van der Waals surface area contributed by atoms with Crippen molar-refractivity contribution >= 4 is 59.5 Å². The molecule has 2 saturated heterocycles. The lowest BCUT2D eigenvalue weighted by Gasteiger charge is -2.43. The third-order valence-electron chi connectivity index (χ3n) is 16.5. The van der Waals surface area contributed by atoms with Gasteiger partial charge in [0.1, 0.15) is 55.0 Å². The molecule has 3 fully saturated rings. The van der Waals surface area contributed by atoms with E-state index in [1.807, 2.05) is 19.1 Å². The Balaban J connectivity index is 0.965. The van der Waals surface area contributed by atoms with Crippen LogP contribution in [0, 0.1) is 17.8 Å². The number of carbonyl (C=O) groups excluding carboxylic acids is 8. The normalized spacial score (nSPS) is 31.3. The van der Waals surface area contributed by atoms with Crippen LogP contribution in [0.5, 0.6) is 0 Å². The summed E-state index contributed by atoms with van der Waals surface area (Å²) in [6.07, 6.45) is 6.08. The molecule has 0 radical (unpaired) electrons. The average Bonchev–Trinajstić information content (AvgIpc) is 2.75. The number of methoxy groups -OCH3 is 2. The minimum Gasteiger partial charge on any atom is -0.496 e. The molecule has 4 bridgehead atoms. The smallest absolute Gasteiger partial charge is 0.410 e. The van der Waals surface area contributed by atoms with E-state index in [4.69, 9.17) is 49.5 Å².